The summed E-state index contributed by atoms with van der Waals surface area (Å²) in [4.78, 5) is 36.8. The molecule has 1 saturated heterocycles. The summed E-state index contributed by atoms with van der Waals surface area (Å²) < 4.78 is 41.4. The molecule has 2 aliphatic rings. The van der Waals surface area contributed by atoms with Gasteiger partial charge in [-0.15, -0.1) is 0 Å². The smallest absolute Gasteiger partial charge is 0.353 e. The maximum Gasteiger partial charge on any atom is 0.396 e. The monoisotopic (exact) mass is 524 g/mol. The molecule has 2 aliphatic heterocycles. The van der Waals surface area contributed by atoms with Gasteiger partial charge in [0, 0.05) is 50.2 Å². The van der Waals surface area contributed by atoms with Crippen molar-refractivity contribution in [1.82, 2.24) is 20.2 Å². The number of hydrogen-bond acceptors (Lipinski definition) is 6. The number of anilines is 2. The maximum atomic E-state index is 13.8. The van der Waals surface area contributed by atoms with Crippen LogP contribution in [0.25, 0.3) is 0 Å². The molecule has 12 heteroatoms. The zero-order chi connectivity index (χ0) is 26.0. The summed E-state index contributed by atoms with van der Waals surface area (Å²) in [5.41, 5.74) is 0.721. The Morgan fingerprint density at radius 2 is 1.83 bits per heavy atom. The Bertz CT molecular complexity index is 1100. The number of hydrogen-bond donors (Lipinski definition) is 2. The summed E-state index contributed by atoms with van der Waals surface area (Å²) in [5, 5.41) is 6.33. The van der Waals surface area contributed by atoms with E-state index in [1.165, 1.54) is 0 Å². The van der Waals surface area contributed by atoms with Gasteiger partial charge in [0.25, 0.3) is 0 Å². The third kappa shape index (κ3) is 5.73. The van der Waals surface area contributed by atoms with Crippen LogP contribution in [0.5, 0.6) is 0 Å². The summed E-state index contributed by atoms with van der Waals surface area (Å²) in [7, 11) is 0. The summed E-state index contributed by atoms with van der Waals surface area (Å²) >= 11 is 6.02. The number of aromatic nitrogens is 2. The number of carbonyl (C=O) groups is 2. The second-order valence-corrected chi connectivity index (χ2v) is 9.72. The first-order chi connectivity index (χ1) is 17.0. The lowest BCUT2D eigenvalue weighted by Crippen LogP contribution is -2.52. The molecule has 0 aliphatic carbocycles. The highest BCUT2D eigenvalue weighted by atomic mass is 35.5. The minimum absolute atomic E-state index is 0.0599. The molecule has 2 aromatic rings. The molecule has 1 aromatic heterocycles. The first-order valence-electron chi connectivity index (χ1n) is 11.8. The Balaban J connectivity index is 1.52. The van der Waals surface area contributed by atoms with Crippen LogP contribution in [0, 0.1) is 0 Å². The molecule has 2 atom stereocenters. The largest absolute Gasteiger partial charge is 0.396 e. The molecule has 1 aromatic carbocycles. The van der Waals surface area contributed by atoms with Crippen molar-refractivity contribution < 1.29 is 22.8 Å². The highest BCUT2D eigenvalue weighted by Crippen LogP contribution is 2.46. The van der Waals surface area contributed by atoms with E-state index in [1.807, 2.05) is 26.0 Å². The average Bonchev–Trinajstić information content (AvgIpc) is 2.83. The molecule has 194 valence electrons. The van der Waals surface area contributed by atoms with Gasteiger partial charge in [-0.2, -0.15) is 13.2 Å². The molecule has 0 spiro atoms. The standard InChI is InChI=1S/C24H28ClF3N6O2/c1-14(2)29-12-17(15-3-5-16(25)6-4-15)23(36)34-9-7-33(8-10-34)22-20-18(24(26,27)28)11-19(35)32-21(20)30-13-31-22/h3-6,13-14,17-18,29H,7-12H2,1-2H3,(H,30,31,32,35). The van der Waals surface area contributed by atoms with E-state index in [1.54, 1.807) is 21.9 Å². The number of nitrogens with zero attached hydrogens (tertiary/aromatic N) is 4. The summed E-state index contributed by atoms with van der Waals surface area (Å²) in [6.07, 6.45) is -4.17. The van der Waals surface area contributed by atoms with Crippen molar-refractivity contribution in [3.05, 3.63) is 46.7 Å². The fourth-order valence-electron chi connectivity index (χ4n) is 4.56. The molecule has 3 heterocycles. The van der Waals surface area contributed by atoms with Gasteiger partial charge < -0.3 is 20.4 Å². The summed E-state index contributed by atoms with van der Waals surface area (Å²) in [6.45, 7) is 5.71. The predicted octanol–water partition coefficient (Wildman–Crippen LogP) is 3.55. The third-order valence-electron chi connectivity index (χ3n) is 6.45. The van der Waals surface area contributed by atoms with Crippen molar-refractivity contribution in [2.24, 2.45) is 0 Å². The van der Waals surface area contributed by atoms with E-state index in [0.29, 0.717) is 37.7 Å². The lowest BCUT2D eigenvalue weighted by Gasteiger charge is -2.39. The Morgan fingerprint density at radius 1 is 1.17 bits per heavy atom. The number of alkyl halides is 3. The van der Waals surface area contributed by atoms with Gasteiger partial charge in [0.05, 0.1) is 17.4 Å². The number of halogens is 4. The summed E-state index contributed by atoms with van der Waals surface area (Å²) in [6, 6.07) is 7.36. The molecule has 2 unspecified atom stereocenters. The van der Waals surface area contributed by atoms with Crippen molar-refractivity contribution in [3.8, 4) is 0 Å². The first-order valence-corrected chi connectivity index (χ1v) is 12.2. The molecule has 0 radical (unpaired) electrons. The van der Waals surface area contributed by atoms with E-state index >= 15 is 0 Å². The molecule has 0 saturated carbocycles. The van der Waals surface area contributed by atoms with Gasteiger partial charge in [-0.1, -0.05) is 37.6 Å². The molecule has 0 bridgehead atoms. The fraction of sp³-hybridized carbons (Fsp3) is 0.500. The second-order valence-electron chi connectivity index (χ2n) is 9.29. The summed E-state index contributed by atoms with van der Waals surface area (Å²) in [5.74, 6) is -3.16. The molecule has 1 fully saturated rings. The second kappa shape index (κ2) is 10.6. The number of rotatable bonds is 6. The van der Waals surface area contributed by atoms with Crippen molar-refractivity contribution in [2.75, 3.05) is 42.9 Å². The van der Waals surface area contributed by atoms with Gasteiger partial charge in [-0.05, 0) is 17.7 Å². The topological polar surface area (TPSA) is 90.5 Å². The zero-order valence-electron chi connectivity index (χ0n) is 20.0. The van der Waals surface area contributed by atoms with Gasteiger partial charge in [-0.25, -0.2) is 9.97 Å². The van der Waals surface area contributed by atoms with Crippen LogP contribution in [-0.2, 0) is 9.59 Å². The fourth-order valence-corrected chi connectivity index (χ4v) is 4.69. The number of piperazine rings is 1. The van der Waals surface area contributed by atoms with Crippen molar-refractivity contribution in [3.63, 3.8) is 0 Å². The van der Waals surface area contributed by atoms with E-state index < -0.39 is 30.3 Å². The van der Waals surface area contributed by atoms with Crippen molar-refractivity contribution in [2.45, 2.75) is 44.3 Å². The highest BCUT2D eigenvalue weighted by molar-refractivity contribution is 6.30. The minimum Gasteiger partial charge on any atom is -0.353 e. The van der Waals surface area contributed by atoms with Crippen molar-refractivity contribution in [1.29, 1.82) is 0 Å². The molecular formula is C24H28ClF3N6O2. The van der Waals surface area contributed by atoms with E-state index in [0.717, 1.165) is 11.9 Å². The first kappa shape index (κ1) is 26.2. The molecule has 2 N–H and O–H groups in total. The maximum absolute atomic E-state index is 13.8. The van der Waals surface area contributed by atoms with Crippen LogP contribution in [0.3, 0.4) is 0 Å². The van der Waals surface area contributed by atoms with E-state index in [4.69, 9.17) is 11.6 Å². The lowest BCUT2D eigenvalue weighted by atomic mass is 9.91. The van der Waals surface area contributed by atoms with E-state index in [-0.39, 0.29) is 29.1 Å². The van der Waals surface area contributed by atoms with Crippen LogP contribution in [-0.4, -0.2) is 71.6 Å². The van der Waals surface area contributed by atoms with Gasteiger partial charge in [-0.3, -0.25) is 9.59 Å². The lowest BCUT2D eigenvalue weighted by molar-refractivity contribution is -0.156. The molecular weight excluding hydrogens is 497 g/mol. The Morgan fingerprint density at radius 3 is 2.44 bits per heavy atom. The SMILES string of the molecule is CC(C)NCC(C(=O)N1CCN(c2ncnc3c2C(C(F)(F)F)CC(=O)N3)CC1)c1ccc(Cl)cc1. The van der Waals surface area contributed by atoms with Crippen LogP contribution in [0.1, 0.15) is 43.2 Å². The number of nitrogens with one attached hydrogen (secondary N) is 2. The average molecular weight is 525 g/mol. The quantitative estimate of drug-likeness (QED) is 0.601. The molecule has 2 amide bonds. The molecule has 4 rings (SSSR count). The highest BCUT2D eigenvalue weighted by Gasteiger charge is 2.48. The Labute approximate surface area is 212 Å². The van der Waals surface area contributed by atoms with E-state index in [2.05, 4.69) is 20.6 Å². The van der Waals surface area contributed by atoms with Crippen LogP contribution < -0.4 is 15.5 Å². The van der Waals surface area contributed by atoms with Crippen molar-refractivity contribution >= 4 is 35.1 Å². The van der Waals surface area contributed by atoms with Crippen LogP contribution >= 0.6 is 11.6 Å². The van der Waals surface area contributed by atoms with E-state index in [9.17, 15) is 22.8 Å². The van der Waals surface area contributed by atoms with Crippen LogP contribution in [0.15, 0.2) is 30.6 Å². The van der Waals surface area contributed by atoms with Gasteiger partial charge in [0.1, 0.15) is 18.0 Å². The number of benzene rings is 1. The Hall–Kier alpha value is -2.92. The molecule has 36 heavy (non-hydrogen) atoms. The number of carbonyl (C=O) groups excluding carboxylic acids is 2. The van der Waals surface area contributed by atoms with Crippen LogP contribution in [0.4, 0.5) is 24.8 Å². The van der Waals surface area contributed by atoms with Crippen LogP contribution in [0.2, 0.25) is 5.02 Å². The van der Waals surface area contributed by atoms with Gasteiger partial charge in [0.2, 0.25) is 11.8 Å². The number of amides is 2. The Kier molecular flexibility index (Phi) is 7.70. The third-order valence-corrected chi connectivity index (χ3v) is 6.70. The molecule has 8 nitrogen and oxygen atoms in total. The zero-order valence-corrected chi connectivity index (χ0v) is 20.7. The number of fused-ring (bicyclic) bond motifs is 1. The van der Waals surface area contributed by atoms with Gasteiger partial charge >= 0.3 is 6.18 Å². The predicted molar refractivity (Wildman–Crippen MR) is 130 cm³/mol. The normalized spacial score (nSPS) is 19.2. The minimum atomic E-state index is -4.61. The van der Waals surface area contributed by atoms with Gasteiger partial charge in [0.15, 0.2) is 0 Å².